The molecular weight excluding hydrogens is 350 g/mol. The molecule has 6 heteroatoms. The Bertz CT molecular complexity index is 1090. The molecule has 138 valence electrons. The molecule has 4 rings (SSSR count). The van der Waals surface area contributed by atoms with E-state index in [2.05, 4.69) is 10.3 Å². The number of benzene rings is 2. The molecule has 0 bridgehead atoms. The van der Waals surface area contributed by atoms with Crippen molar-refractivity contribution in [2.24, 2.45) is 5.73 Å². The highest BCUT2D eigenvalue weighted by Crippen LogP contribution is 2.24. The maximum atomic E-state index is 11.4. The molecule has 0 saturated carbocycles. The van der Waals surface area contributed by atoms with Crippen molar-refractivity contribution in [2.45, 2.75) is 6.54 Å². The molecule has 1 amide bonds. The van der Waals surface area contributed by atoms with E-state index in [0.717, 1.165) is 22.5 Å². The molecule has 0 spiro atoms. The first kappa shape index (κ1) is 17.5. The summed E-state index contributed by atoms with van der Waals surface area (Å²) in [6, 6.07) is 23.2. The van der Waals surface area contributed by atoms with Crippen LogP contribution in [-0.2, 0) is 6.54 Å². The third-order valence-electron chi connectivity index (χ3n) is 4.36. The SMILES string of the molecule is NC(=O)c1ccnc(NCc2cn(-c3ccccc3)nc2-c2ccccc2)c1. The van der Waals surface area contributed by atoms with E-state index in [-0.39, 0.29) is 0 Å². The lowest BCUT2D eigenvalue weighted by Gasteiger charge is -2.07. The average molecular weight is 369 g/mol. The summed E-state index contributed by atoms with van der Waals surface area (Å²) in [6.45, 7) is 0.506. The van der Waals surface area contributed by atoms with Crippen molar-refractivity contribution in [3.05, 3.63) is 96.3 Å². The highest BCUT2D eigenvalue weighted by molar-refractivity contribution is 5.93. The third kappa shape index (κ3) is 3.76. The number of carbonyl (C=O) groups excluding carboxylic acids is 1. The zero-order valence-electron chi connectivity index (χ0n) is 15.1. The molecule has 0 aliphatic rings. The Morgan fingerprint density at radius 2 is 1.71 bits per heavy atom. The minimum absolute atomic E-state index is 0.417. The molecule has 0 radical (unpaired) electrons. The van der Waals surface area contributed by atoms with Gasteiger partial charge in [0.15, 0.2) is 0 Å². The van der Waals surface area contributed by atoms with Gasteiger partial charge in [0.1, 0.15) is 5.82 Å². The second-order valence-electron chi connectivity index (χ2n) is 6.30. The van der Waals surface area contributed by atoms with Gasteiger partial charge in [0, 0.05) is 35.6 Å². The topological polar surface area (TPSA) is 85.8 Å². The highest BCUT2D eigenvalue weighted by Gasteiger charge is 2.12. The largest absolute Gasteiger partial charge is 0.366 e. The second kappa shape index (κ2) is 7.75. The van der Waals surface area contributed by atoms with E-state index in [1.807, 2.05) is 71.5 Å². The first-order valence-electron chi connectivity index (χ1n) is 8.90. The molecule has 2 heterocycles. The lowest BCUT2D eigenvalue weighted by atomic mass is 10.1. The number of nitrogens with zero attached hydrogens (tertiary/aromatic N) is 3. The lowest BCUT2D eigenvalue weighted by Crippen LogP contribution is -2.12. The van der Waals surface area contributed by atoms with E-state index in [4.69, 9.17) is 10.8 Å². The normalized spacial score (nSPS) is 10.6. The minimum atomic E-state index is -0.479. The van der Waals surface area contributed by atoms with E-state index < -0.39 is 5.91 Å². The van der Waals surface area contributed by atoms with Crippen LogP contribution >= 0.6 is 0 Å². The number of para-hydroxylation sites is 1. The lowest BCUT2D eigenvalue weighted by molar-refractivity contribution is 0.1000. The molecule has 0 fully saturated rings. The van der Waals surface area contributed by atoms with Crippen molar-refractivity contribution >= 4 is 11.7 Å². The summed E-state index contributed by atoms with van der Waals surface area (Å²) in [5.41, 5.74) is 9.70. The Balaban J connectivity index is 1.66. The molecule has 0 saturated heterocycles. The number of nitrogens with two attached hydrogens (primary N) is 1. The van der Waals surface area contributed by atoms with Crippen LogP contribution in [0, 0.1) is 0 Å². The van der Waals surface area contributed by atoms with E-state index in [9.17, 15) is 4.79 Å². The summed E-state index contributed by atoms with van der Waals surface area (Å²) < 4.78 is 1.87. The van der Waals surface area contributed by atoms with Gasteiger partial charge in [-0.2, -0.15) is 5.10 Å². The fourth-order valence-corrected chi connectivity index (χ4v) is 2.96. The number of carbonyl (C=O) groups is 1. The monoisotopic (exact) mass is 369 g/mol. The van der Waals surface area contributed by atoms with Gasteiger partial charge in [-0.25, -0.2) is 9.67 Å². The van der Waals surface area contributed by atoms with Crippen LogP contribution < -0.4 is 11.1 Å². The summed E-state index contributed by atoms with van der Waals surface area (Å²) in [5, 5.41) is 8.05. The Morgan fingerprint density at radius 3 is 2.43 bits per heavy atom. The number of pyridine rings is 1. The standard InChI is InChI=1S/C22H19N5O/c23-22(28)17-11-12-24-20(13-17)25-14-18-15-27(19-9-5-2-6-10-19)26-21(18)16-7-3-1-4-8-16/h1-13,15H,14H2,(H2,23,28)(H,24,25). The summed E-state index contributed by atoms with van der Waals surface area (Å²) >= 11 is 0. The molecule has 0 aliphatic heterocycles. The molecule has 28 heavy (non-hydrogen) atoms. The van der Waals surface area contributed by atoms with Crippen molar-refractivity contribution in [3.8, 4) is 16.9 Å². The van der Waals surface area contributed by atoms with Crippen LogP contribution in [0.5, 0.6) is 0 Å². The van der Waals surface area contributed by atoms with Crippen molar-refractivity contribution in [1.82, 2.24) is 14.8 Å². The van der Waals surface area contributed by atoms with Gasteiger partial charge in [0.25, 0.3) is 0 Å². The number of anilines is 1. The second-order valence-corrected chi connectivity index (χ2v) is 6.30. The first-order chi connectivity index (χ1) is 13.7. The van der Waals surface area contributed by atoms with Crippen LogP contribution in [0.4, 0.5) is 5.82 Å². The minimum Gasteiger partial charge on any atom is -0.366 e. The van der Waals surface area contributed by atoms with Crippen molar-refractivity contribution < 1.29 is 4.79 Å². The Hall–Kier alpha value is -3.93. The van der Waals surface area contributed by atoms with E-state index in [1.54, 1.807) is 18.3 Å². The third-order valence-corrected chi connectivity index (χ3v) is 4.36. The molecule has 0 unspecified atom stereocenters. The van der Waals surface area contributed by atoms with E-state index in [1.165, 1.54) is 0 Å². The first-order valence-corrected chi connectivity index (χ1v) is 8.90. The van der Waals surface area contributed by atoms with Crippen LogP contribution in [0.15, 0.2) is 85.2 Å². The van der Waals surface area contributed by atoms with Gasteiger partial charge in [-0.1, -0.05) is 48.5 Å². The maximum absolute atomic E-state index is 11.4. The number of hydrogen-bond donors (Lipinski definition) is 2. The van der Waals surface area contributed by atoms with Crippen LogP contribution in [0.2, 0.25) is 0 Å². The van der Waals surface area contributed by atoms with Crippen LogP contribution in [0.1, 0.15) is 15.9 Å². The highest BCUT2D eigenvalue weighted by atomic mass is 16.1. The quantitative estimate of drug-likeness (QED) is 0.543. The summed E-state index contributed by atoms with van der Waals surface area (Å²) in [5.74, 6) is 0.107. The smallest absolute Gasteiger partial charge is 0.248 e. The van der Waals surface area contributed by atoms with Gasteiger partial charge in [-0.15, -0.1) is 0 Å². The van der Waals surface area contributed by atoms with Gasteiger partial charge < -0.3 is 11.1 Å². The predicted molar refractivity (Wildman–Crippen MR) is 109 cm³/mol. The van der Waals surface area contributed by atoms with Crippen LogP contribution in [0.25, 0.3) is 16.9 Å². The number of nitrogens with one attached hydrogen (secondary N) is 1. The Kier molecular flexibility index (Phi) is 4.84. The maximum Gasteiger partial charge on any atom is 0.248 e. The fraction of sp³-hybridized carbons (Fsp3) is 0.0455. The summed E-state index contributed by atoms with van der Waals surface area (Å²) in [7, 11) is 0. The van der Waals surface area contributed by atoms with E-state index >= 15 is 0 Å². The summed E-state index contributed by atoms with van der Waals surface area (Å²) in [6.07, 6.45) is 3.57. The number of hydrogen-bond acceptors (Lipinski definition) is 4. The van der Waals surface area contributed by atoms with Crippen molar-refractivity contribution in [2.75, 3.05) is 5.32 Å². The molecule has 4 aromatic rings. The molecule has 2 aromatic carbocycles. The van der Waals surface area contributed by atoms with Gasteiger partial charge in [-0.05, 0) is 24.3 Å². The van der Waals surface area contributed by atoms with E-state index in [0.29, 0.717) is 17.9 Å². The van der Waals surface area contributed by atoms with Crippen molar-refractivity contribution in [1.29, 1.82) is 0 Å². The zero-order chi connectivity index (χ0) is 19.3. The van der Waals surface area contributed by atoms with Gasteiger partial charge in [0.05, 0.1) is 11.4 Å². The average Bonchev–Trinajstić information content (AvgIpc) is 3.18. The molecule has 6 nitrogen and oxygen atoms in total. The molecule has 0 aliphatic carbocycles. The van der Waals surface area contributed by atoms with Gasteiger partial charge in [-0.3, -0.25) is 4.79 Å². The van der Waals surface area contributed by atoms with Crippen LogP contribution in [0.3, 0.4) is 0 Å². The number of amides is 1. The van der Waals surface area contributed by atoms with Gasteiger partial charge >= 0.3 is 0 Å². The number of rotatable bonds is 6. The molecule has 0 atom stereocenters. The molecule has 3 N–H and O–H groups in total. The predicted octanol–water partition coefficient (Wildman–Crippen LogP) is 3.65. The number of primary amides is 1. The zero-order valence-corrected chi connectivity index (χ0v) is 15.1. The molecule has 2 aromatic heterocycles. The number of aromatic nitrogens is 3. The van der Waals surface area contributed by atoms with Gasteiger partial charge in [0.2, 0.25) is 5.91 Å². The Morgan fingerprint density at radius 1 is 1.00 bits per heavy atom. The Labute approximate surface area is 162 Å². The fourth-order valence-electron chi connectivity index (χ4n) is 2.96. The molecular formula is C22H19N5O. The summed E-state index contributed by atoms with van der Waals surface area (Å²) in [4.78, 5) is 15.6. The van der Waals surface area contributed by atoms with Crippen molar-refractivity contribution in [3.63, 3.8) is 0 Å². The van der Waals surface area contributed by atoms with Crippen LogP contribution in [-0.4, -0.2) is 20.7 Å².